The molecule has 1 heterocycles. The van der Waals surface area contributed by atoms with Crippen molar-refractivity contribution in [3.05, 3.63) is 70.1 Å². The fourth-order valence-electron chi connectivity index (χ4n) is 2.70. The van der Waals surface area contributed by atoms with Crippen LogP contribution in [-0.2, 0) is 0 Å². The molecule has 27 heavy (non-hydrogen) atoms. The van der Waals surface area contributed by atoms with Crippen LogP contribution in [0.1, 0.15) is 42.9 Å². The maximum atomic E-state index is 12.7. The summed E-state index contributed by atoms with van der Waals surface area (Å²) >= 11 is 0. The topological polar surface area (TPSA) is 102 Å². The zero-order valence-electron chi connectivity index (χ0n) is 15.4. The van der Waals surface area contributed by atoms with Crippen LogP contribution >= 0.6 is 0 Å². The van der Waals surface area contributed by atoms with Gasteiger partial charge in [-0.15, -0.1) is 0 Å². The Morgan fingerprint density at radius 3 is 2.37 bits per heavy atom. The molecule has 0 spiro atoms. The van der Waals surface area contributed by atoms with E-state index < -0.39 is 5.91 Å². The SMILES string of the molecule is C/C(=N/NC(=O)c1nn(C(C)C)c(=O)c2ccccc12)c1ccc(N)cc1. The van der Waals surface area contributed by atoms with E-state index in [1.165, 1.54) is 4.68 Å². The third kappa shape index (κ3) is 3.72. The smallest absolute Gasteiger partial charge is 0.292 e. The second kappa shape index (κ2) is 7.41. The normalized spacial score (nSPS) is 11.8. The van der Waals surface area contributed by atoms with Crippen molar-refractivity contribution < 1.29 is 4.79 Å². The summed E-state index contributed by atoms with van der Waals surface area (Å²) in [5, 5.41) is 9.37. The highest BCUT2D eigenvalue weighted by Crippen LogP contribution is 2.15. The van der Waals surface area contributed by atoms with E-state index in [0.29, 0.717) is 22.2 Å². The first-order valence-corrected chi connectivity index (χ1v) is 8.60. The van der Waals surface area contributed by atoms with E-state index >= 15 is 0 Å². The van der Waals surface area contributed by atoms with Crippen LogP contribution in [0, 0.1) is 0 Å². The Morgan fingerprint density at radius 2 is 1.74 bits per heavy atom. The minimum absolute atomic E-state index is 0.160. The van der Waals surface area contributed by atoms with Crippen molar-refractivity contribution in [1.29, 1.82) is 0 Å². The van der Waals surface area contributed by atoms with Crippen molar-refractivity contribution in [2.75, 3.05) is 5.73 Å². The van der Waals surface area contributed by atoms with Crippen molar-refractivity contribution in [1.82, 2.24) is 15.2 Å². The minimum Gasteiger partial charge on any atom is -0.399 e. The molecule has 0 saturated carbocycles. The number of hydrazone groups is 1. The second-order valence-corrected chi connectivity index (χ2v) is 6.50. The van der Waals surface area contributed by atoms with Gasteiger partial charge in [-0.2, -0.15) is 10.2 Å². The molecule has 0 bridgehead atoms. The van der Waals surface area contributed by atoms with Gasteiger partial charge in [0.1, 0.15) is 0 Å². The largest absolute Gasteiger partial charge is 0.399 e. The van der Waals surface area contributed by atoms with Crippen molar-refractivity contribution in [3.63, 3.8) is 0 Å². The molecule has 1 amide bonds. The first-order valence-electron chi connectivity index (χ1n) is 8.60. The summed E-state index contributed by atoms with van der Waals surface area (Å²) in [6, 6.07) is 13.9. The first-order chi connectivity index (χ1) is 12.9. The van der Waals surface area contributed by atoms with Crippen LogP contribution in [0.25, 0.3) is 10.8 Å². The summed E-state index contributed by atoms with van der Waals surface area (Å²) in [4.78, 5) is 25.3. The quantitative estimate of drug-likeness (QED) is 0.423. The van der Waals surface area contributed by atoms with E-state index in [1.807, 2.05) is 26.0 Å². The van der Waals surface area contributed by atoms with Gasteiger partial charge in [0, 0.05) is 11.1 Å². The van der Waals surface area contributed by atoms with E-state index in [1.54, 1.807) is 43.3 Å². The van der Waals surface area contributed by atoms with Crippen LogP contribution in [0.15, 0.2) is 58.4 Å². The zero-order valence-corrected chi connectivity index (χ0v) is 15.4. The molecule has 3 rings (SSSR count). The molecule has 0 unspecified atom stereocenters. The molecular weight excluding hydrogens is 342 g/mol. The van der Waals surface area contributed by atoms with Gasteiger partial charge < -0.3 is 5.73 Å². The lowest BCUT2D eigenvalue weighted by molar-refractivity contribution is 0.0949. The van der Waals surface area contributed by atoms with Crippen LogP contribution in [0.2, 0.25) is 0 Å². The maximum Gasteiger partial charge on any atom is 0.292 e. The van der Waals surface area contributed by atoms with Crippen LogP contribution in [-0.4, -0.2) is 21.4 Å². The van der Waals surface area contributed by atoms with E-state index in [4.69, 9.17) is 5.73 Å². The number of nitrogen functional groups attached to an aromatic ring is 1. The number of rotatable bonds is 4. The molecule has 0 fully saturated rings. The molecule has 3 aromatic rings. The van der Waals surface area contributed by atoms with Gasteiger partial charge in [0.25, 0.3) is 11.5 Å². The lowest BCUT2D eigenvalue weighted by atomic mass is 10.1. The predicted octanol–water partition coefficient (Wildman–Crippen LogP) is 2.71. The molecule has 0 atom stereocenters. The highest BCUT2D eigenvalue weighted by molar-refractivity contribution is 6.06. The Morgan fingerprint density at radius 1 is 1.11 bits per heavy atom. The van der Waals surface area contributed by atoms with Gasteiger partial charge in [-0.25, -0.2) is 10.1 Å². The van der Waals surface area contributed by atoms with Gasteiger partial charge in [0.15, 0.2) is 5.69 Å². The number of benzene rings is 2. The lowest BCUT2D eigenvalue weighted by Gasteiger charge is -2.12. The molecule has 2 aromatic carbocycles. The molecule has 0 radical (unpaired) electrons. The standard InChI is InChI=1S/C20H21N5O2/c1-12(2)25-20(27)17-7-5-4-6-16(17)18(24-25)19(26)23-22-13(3)14-8-10-15(21)11-9-14/h4-12H,21H2,1-3H3,(H,23,26)/b22-13-. The monoisotopic (exact) mass is 363 g/mol. The number of nitrogens with two attached hydrogens (primary N) is 1. The molecule has 0 aliphatic carbocycles. The number of amides is 1. The Bertz CT molecular complexity index is 1080. The number of carbonyl (C=O) groups excluding carboxylic acids is 1. The zero-order chi connectivity index (χ0) is 19.6. The van der Waals surface area contributed by atoms with Gasteiger partial charge >= 0.3 is 0 Å². The molecule has 1 aromatic heterocycles. The number of hydrogen-bond donors (Lipinski definition) is 2. The molecular formula is C20H21N5O2. The summed E-state index contributed by atoms with van der Waals surface area (Å²) in [5.74, 6) is -0.476. The molecule has 7 nitrogen and oxygen atoms in total. The molecule has 7 heteroatoms. The number of carbonyl (C=O) groups is 1. The van der Waals surface area contributed by atoms with Crippen molar-refractivity contribution in [2.45, 2.75) is 26.8 Å². The highest BCUT2D eigenvalue weighted by Gasteiger charge is 2.17. The summed E-state index contributed by atoms with van der Waals surface area (Å²) in [5.41, 5.74) is 10.3. The predicted molar refractivity (Wildman–Crippen MR) is 107 cm³/mol. The summed E-state index contributed by atoms with van der Waals surface area (Å²) < 4.78 is 1.31. The van der Waals surface area contributed by atoms with Crippen LogP contribution in [0.5, 0.6) is 0 Å². The van der Waals surface area contributed by atoms with E-state index in [9.17, 15) is 9.59 Å². The number of anilines is 1. The number of aromatic nitrogens is 2. The average molecular weight is 363 g/mol. The minimum atomic E-state index is -0.476. The Hall–Kier alpha value is -3.48. The lowest BCUT2D eigenvalue weighted by Crippen LogP contribution is -2.30. The fraction of sp³-hybridized carbons (Fsp3) is 0.200. The summed E-state index contributed by atoms with van der Waals surface area (Å²) in [7, 11) is 0. The van der Waals surface area contributed by atoms with E-state index in [0.717, 1.165) is 5.56 Å². The van der Waals surface area contributed by atoms with Crippen LogP contribution in [0.3, 0.4) is 0 Å². The van der Waals surface area contributed by atoms with E-state index in [-0.39, 0.29) is 17.3 Å². The van der Waals surface area contributed by atoms with Crippen LogP contribution < -0.4 is 16.7 Å². The Labute approximate surface area is 156 Å². The Balaban J connectivity index is 1.98. The molecule has 0 saturated heterocycles. The summed E-state index contributed by atoms with van der Waals surface area (Å²) in [6.07, 6.45) is 0. The first kappa shape index (κ1) is 18.3. The molecule has 3 N–H and O–H groups in total. The average Bonchev–Trinajstić information content (AvgIpc) is 2.66. The number of hydrogen-bond acceptors (Lipinski definition) is 5. The Kier molecular flexibility index (Phi) is 5.03. The van der Waals surface area contributed by atoms with Gasteiger partial charge in [0.05, 0.1) is 17.1 Å². The van der Waals surface area contributed by atoms with Gasteiger partial charge in [-0.1, -0.05) is 30.3 Å². The number of nitrogens with one attached hydrogen (secondary N) is 1. The number of nitrogens with zero attached hydrogens (tertiary/aromatic N) is 3. The molecule has 0 aliphatic rings. The van der Waals surface area contributed by atoms with Crippen molar-refractivity contribution in [2.24, 2.45) is 5.10 Å². The third-order valence-corrected chi connectivity index (χ3v) is 4.19. The second-order valence-electron chi connectivity index (χ2n) is 6.50. The van der Waals surface area contributed by atoms with Crippen LogP contribution in [0.4, 0.5) is 5.69 Å². The van der Waals surface area contributed by atoms with Gasteiger partial charge in [-0.3, -0.25) is 9.59 Å². The van der Waals surface area contributed by atoms with Gasteiger partial charge in [-0.05, 0) is 44.5 Å². The highest BCUT2D eigenvalue weighted by atomic mass is 16.2. The van der Waals surface area contributed by atoms with E-state index in [2.05, 4.69) is 15.6 Å². The van der Waals surface area contributed by atoms with Crippen molar-refractivity contribution in [3.8, 4) is 0 Å². The third-order valence-electron chi connectivity index (χ3n) is 4.19. The number of fused-ring (bicyclic) bond motifs is 1. The maximum absolute atomic E-state index is 12.7. The van der Waals surface area contributed by atoms with Crippen molar-refractivity contribution >= 4 is 28.1 Å². The van der Waals surface area contributed by atoms with Gasteiger partial charge in [0.2, 0.25) is 0 Å². The fourth-order valence-corrected chi connectivity index (χ4v) is 2.70. The summed E-state index contributed by atoms with van der Waals surface area (Å²) in [6.45, 7) is 5.47. The molecule has 138 valence electrons. The molecule has 0 aliphatic heterocycles.